The first-order valence-electron chi connectivity index (χ1n) is 9.64. The minimum Gasteiger partial charge on any atom is -0.377 e. The Balaban J connectivity index is 1.24. The van der Waals surface area contributed by atoms with Crippen molar-refractivity contribution >= 4 is 0 Å². The Kier molecular flexibility index (Phi) is 5.63. The highest BCUT2D eigenvalue weighted by molar-refractivity contribution is 5.25. The lowest BCUT2D eigenvalue weighted by Crippen LogP contribution is -2.24. The van der Waals surface area contributed by atoms with Crippen LogP contribution in [0.25, 0.3) is 0 Å². The van der Waals surface area contributed by atoms with Gasteiger partial charge in [0, 0.05) is 44.6 Å². The van der Waals surface area contributed by atoms with Gasteiger partial charge in [-0.15, -0.1) is 0 Å². The van der Waals surface area contributed by atoms with Gasteiger partial charge in [-0.2, -0.15) is 0 Å². The number of nitrogens with zero attached hydrogens (tertiary/aromatic N) is 2. The average Bonchev–Trinajstić information content (AvgIpc) is 3.22. The number of rotatable bonds is 7. The number of aromatic nitrogens is 1. The molecule has 4 heteroatoms. The zero-order chi connectivity index (χ0) is 17.8. The summed E-state index contributed by atoms with van der Waals surface area (Å²) in [6, 6.07) is 12.7. The highest BCUT2D eigenvalue weighted by atomic mass is 16.5. The molecule has 2 aliphatic heterocycles. The van der Waals surface area contributed by atoms with E-state index in [4.69, 9.17) is 9.47 Å². The van der Waals surface area contributed by atoms with E-state index >= 15 is 0 Å². The van der Waals surface area contributed by atoms with E-state index in [1.54, 1.807) is 6.20 Å². The van der Waals surface area contributed by atoms with Crippen LogP contribution >= 0.6 is 0 Å². The van der Waals surface area contributed by atoms with Crippen LogP contribution in [0.1, 0.15) is 23.1 Å². The predicted octanol–water partition coefficient (Wildman–Crippen LogP) is 3.44. The van der Waals surface area contributed by atoms with Gasteiger partial charge in [0.05, 0.1) is 19.3 Å². The van der Waals surface area contributed by atoms with Gasteiger partial charge in [-0.1, -0.05) is 30.3 Å². The Labute approximate surface area is 156 Å². The highest BCUT2D eigenvalue weighted by Gasteiger charge is 2.43. The lowest BCUT2D eigenvalue weighted by atomic mass is 9.91. The van der Waals surface area contributed by atoms with Gasteiger partial charge in [-0.05, 0) is 42.0 Å². The van der Waals surface area contributed by atoms with Gasteiger partial charge >= 0.3 is 0 Å². The summed E-state index contributed by atoms with van der Waals surface area (Å²) in [7, 11) is 0. The van der Waals surface area contributed by atoms with Crippen molar-refractivity contribution < 1.29 is 9.47 Å². The second-order valence-corrected chi connectivity index (χ2v) is 7.62. The third-order valence-electron chi connectivity index (χ3n) is 5.79. The molecule has 0 saturated carbocycles. The molecule has 0 N–H and O–H groups in total. The summed E-state index contributed by atoms with van der Waals surface area (Å²) in [6.07, 6.45) is 5.15. The molecule has 0 aliphatic carbocycles. The van der Waals surface area contributed by atoms with Crippen LogP contribution in [0.2, 0.25) is 0 Å². The Morgan fingerprint density at radius 2 is 2.12 bits per heavy atom. The molecule has 4 rings (SSSR count). The highest BCUT2D eigenvalue weighted by Crippen LogP contribution is 2.36. The van der Waals surface area contributed by atoms with Gasteiger partial charge in [-0.25, -0.2) is 0 Å². The van der Waals surface area contributed by atoms with Crippen LogP contribution in [-0.4, -0.2) is 42.3 Å². The van der Waals surface area contributed by atoms with E-state index in [9.17, 15) is 0 Å². The number of pyridine rings is 1. The van der Waals surface area contributed by atoms with Crippen molar-refractivity contribution in [2.24, 2.45) is 11.8 Å². The van der Waals surface area contributed by atoms with Crippen molar-refractivity contribution in [3.63, 3.8) is 0 Å². The molecular formula is C22H28N2O2. The Morgan fingerprint density at radius 3 is 2.96 bits per heavy atom. The Hall–Kier alpha value is -1.75. The van der Waals surface area contributed by atoms with Crippen molar-refractivity contribution in [3.8, 4) is 0 Å². The summed E-state index contributed by atoms with van der Waals surface area (Å²) in [5.74, 6) is 1.27. The lowest BCUT2D eigenvalue weighted by molar-refractivity contribution is 0.0818. The summed E-state index contributed by atoms with van der Waals surface area (Å²) in [5, 5.41) is 0. The summed E-state index contributed by atoms with van der Waals surface area (Å²) < 4.78 is 12.0. The third kappa shape index (κ3) is 4.14. The van der Waals surface area contributed by atoms with Gasteiger partial charge in [0.25, 0.3) is 0 Å². The monoisotopic (exact) mass is 352 g/mol. The maximum absolute atomic E-state index is 6.10. The molecule has 1 aromatic carbocycles. The summed E-state index contributed by atoms with van der Waals surface area (Å²) in [4.78, 5) is 6.68. The van der Waals surface area contributed by atoms with Crippen LogP contribution < -0.4 is 0 Å². The first-order valence-corrected chi connectivity index (χ1v) is 9.64. The van der Waals surface area contributed by atoms with Gasteiger partial charge < -0.3 is 9.47 Å². The molecule has 26 heavy (non-hydrogen) atoms. The summed E-state index contributed by atoms with van der Waals surface area (Å²) in [6.45, 7) is 7.78. The average molecular weight is 352 g/mol. The fraction of sp³-hybridized carbons (Fsp3) is 0.500. The zero-order valence-corrected chi connectivity index (χ0v) is 15.5. The largest absolute Gasteiger partial charge is 0.377 e. The number of ether oxygens (including phenoxy) is 2. The molecule has 2 saturated heterocycles. The standard InChI is InChI=1S/C22H28N2O2/c1-17-5-2-3-7-19(17)12-24-13-21-20(16-26-22(21)14-24)8-10-25-15-18-6-4-9-23-11-18/h2-7,9,11,20-22H,8,10,12-16H2,1H3/t20-,21-,22-/m0/s1. The predicted molar refractivity (Wildman–Crippen MR) is 102 cm³/mol. The van der Waals surface area contributed by atoms with E-state index in [-0.39, 0.29) is 0 Å². The number of aryl methyl sites for hydroxylation is 1. The van der Waals surface area contributed by atoms with E-state index in [1.807, 2.05) is 12.3 Å². The number of benzene rings is 1. The number of hydrogen-bond acceptors (Lipinski definition) is 4. The van der Waals surface area contributed by atoms with Crippen LogP contribution in [0, 0.1) is 18.8 Å². The maximum atomic E-state index is 6.10. The van der Waals surface area contributed by atoms with Crippen LogP contribution in [-0.2, 0) is 22.6 Å². The molecule has 3 heterocycles. The molecule has 2 aliphatic rings. The van der Waals surface area contributed by atoms with Crippen molar-refractivity contribution in [3.05, 3.63) is 65.5 Å². The van der Waals surface area contributed by atoms with Crippen molar-refractivity contribution in [1.29, 1.82) is 0 Å². The van der Waals surface area contributed by atoms with E-state index < -0.39 is 0 Å². The van der Waals surface area contributed by atoms with Crippen molar-refractivity contribution in [1.82, 2.24) is 9.88 Å². The first kappa shape index (κ1) is 17.7. The molecular weight excluding hydrogens is 324 g/mol. The van der Waals surface area contributed by atoms with Gasteiger partial charge in [-0.3, -0.25) is 9.88 Å². The fourth-order valence-corrected chi connectivity index (χ4v) is 4.24. The quantitative estimate of drug-likeness (QED) is 0.715. The molecule has 0 spiro atoms. The van der Waals surface area contributed by atoms with Crippen LogP contribution in [0.15, 0.2) is 48.8 Å². The van der Waals surface area contributed by atoms with Crippen LogP contribution in [0.5, 0.6) is 0 Å². The molecule has 2 fully saturated rings. The molecule has 0 radical (unpaired) electrons. The van der Waals surface area contributed by atoms with E-state index in [0.717, 1.165) is 44.8 Å². The van der Waals surface area contributed by atoms with Crippen molar-refractivity contribution in [2.75, 3.05) is 26.3 Å². The minimum atomic E-state index is 0.405. The number of fused-ring (bicyclic) bond motifs is 1. The van der Waals surface area contributed by atoms with E-state index in [2.05, 4.69) is 47.1 Å². The number of likely N-dealkylation sites (tertiary alicyclic amines) is 1. The minimum absolute atomic E-state index is 0.405. The molecule has 4 nitrogen and oxygen atoms in total. The Bertz CT molecular complexity index is 706. The lowest BCUT2D eigenvalue weighted by Gasteiger charge is -2.20. The molecule has 0 amide bonds. The van der Waals surface area contributed by atoms with Crippen LogP contribution in [0.3, 0.4) is 0 Å². The second kappa shape index (κ2) is 8.30. The van der Waals surface area contributed by atoms with Gasteiger partial charge in [0.15, 0.2) is 0 Å². The van der Waals surface area contributed by atoms with E-state index in [0.29, 0.717) is 24.5 Å². The normalized spacial score (nSPS) is 25.5. The summed E-state index contributed by atoms with van der Waals surface area (Å²) in [5.41, 5.74) is 3.95. The van der Waals surface area contributed by atoms with Gasteiger partial charge in [0.2, 0.25) is 0 Å². The molecule has 138 valence electrons. The fourth-order valence-electron chi connectivity index (χ4n) is 4.24. The SMILES string of the molecule is Cc1ccccc1CN1C[C@H]2[C@@H](CCOCc3cccnc3)CO[C@H]2C1. The second-order valence-electron chi connectivity index (χ2n) is 7.62. The molecule has 3 atom stereocenters. The first-order chi connectivity index (χ1) is 12.8. The third-order valence-corrected chi connectivity index (χ3v) is 5.79. The molecule has 1 aromatic heterocycles. The smallest absolute Gasteiger partial charge is 0.0746 e. The summed E-state index contributed by atoms with van der Waals surface area (Å²) >= 11 is 0. The van der Waals surface area contributed by atoms with Crippen LogP contribution in [0.4, 0.5) is 0 Å². The molecule has 0 bridgehead atoms. The Morgan fingerprint density at radius 1 is 1.19 bits per heavy atom. The molecule has 0 unspecified atom stereocenters. The zero-order valence-electron chi connectivity index (χ0n) is 15.5. The maximum Gasteiger partial charge on any atom is 0.0746 e. The van der Waals surface area contributed by atoms with E-state index in [1.165, 1.54) is 11.1 Å². The number of hydrogen-bond donors (Lipinski definition) is 0. The topological polar surface area (TPSA) is 34.6 Å². The molecule has 2 aromatic rings. The van der Waals surface area contributed by atoms with Gasteiger partial charge in [0.1, 0.15) is 0 Å². The van der Waals surface area contributed by atoms with Crippen molar-refractivity contribution in [2.45, 2.75) is 32.6 Å².